The summed E-state index contributed by atoms with van der Waals surface area (Å²) in [7, 11) is 0. The third-order valence-electron chi connectivity index (χ3n) is 3.52. The van der Waals surface area contributed by atoms with Gasteiger partial charge in [0.25, 0.3) is 0 Å². The molecule has 1 aliphatic heterocycles. The van der Waals surface area contributed by atoms with Crippen LogP contribution < -0.4 is 10.2 Å². The van der Waals surface area contributed by atoms with Gasteiger partial charge in [-0.2, -0.15) is 0 Å². The Morgan fingerprint density at radius 1 is 1.37 bits per heavy atom. The van der Waals surface area contributed by atoms with Crippen LogP contribution in [0.15, 0.2) is 6.33 Å². The quantitative estimate of drug-likeness (QED) is 0.902. The number of hydrogen-bond donors (Lipinski definition) is 1. The lowest BCUT2D eigenvalue weighted by Gasteiger charge is -2.43. The topological polar surface area (TPSA) is 50.3 Å². The van der Waals surface area contributed by atoms with Gasteiger partial charge in [-0.25, -0.2) is 9.97 Å². The standard InChI is InChI=1S/C14H24N4O/c1-5-11-12(15-6-2)16-10-17-13(11)18-7-8-19-9-14(18,3)4/h10H,5-9H2,1-4H3,(H,15,16,17). The van der Waals surface area contributed by atoms with Crippen molar-refractivity contribution < 1.29 is 4.74 Å². The average Bonchev–Trinajstić information content (AvgIpc) is 2.38. The third kappa shape index (κ3) is 2.81. The molecule has 1 aromatic rings. The molecule has 2 heterocycles. The zero-order valence-electron chi connectivity index (χ0n) is 12.4. The van der Waals surface area contributed by atoms with Crippen LogP contribution in [0.5, 0.6) is 0 Å². The number of rotatable bonds is 4. The molecule has 0 spiro atoms. The molecule has 0 amide bonds. The molecule has 0 unspecified atom stereocenters. The van der Waals surface area contributed by atoms with Crippen LogP contribution in [0, 0.1) is 0 Å². The second-order valence-electron chi connectivity index (χ2n) is 5.42. The smallest absolute Gasteiger partial charge is 0.137 e. The van der Waals surface area contributed by atoms with Gasteiger partial charge in [0.15, 0.2) is 0 Å². The van der Waals surface area contributed by atoms with E-state index in [9.17, 15) is 0 Å². The van der Waals surface area contributed by atoms with Crippen molar-refractivity contribution >= 4 is 11.6 Å². The van der Waals surface area contributed by atoms with E-state index in [-0.39, 0.29) is 5.54 Å². The highest BCUT2D eigenvalue weighted by molar-refractivity contribution is 5.60. The van der Waals surface area contributed by atoms with Gasteiger partial charge in [0.1, 0.15) is 18.0 Å². The van der Waals surface area contributed by atoms with Gasteiger partial charge >= 0.3 is 0 Å². The molecule has 5 heteroatoms. The molecule has 5 nitrogen and oxygen atoms in total. The van der Waals surface area contributed by atoms with Crippen LogP contribution in [0.2, 0.25) is 0 Å². The van der Waals surface area contributed by atoms with E-state index in [0.717, 1.165) is 44.4 Å². The van der Waals surface area contributed by atoms with Crippen LogP contribution >= 0.6 is 0 Å². The van der Waals surface area contributed by atoms with E-state index in [1.54, 1.807) is 6.33 Å². The third-order valence-corrected chi connectivity index (χ3v) is 3.52. The van der Waals surface area contributed by atoms with Crippen LogP contribution in [0.25, 0.3) is 0 Å². The number of nitrogens with one attached hydrogen (secondary N) is 1. The molecule has 1 saturated heterocycles. The van der Waals surface area contributed by atoms with Gasteiger partial charge in [0, 0.05) is 18.7 Å². The fraction of sp³-hybridized carbons (Fsp3) is 0.714. The zero-order valence-corrected chi connectivity index (χ0v) is 12.4. The summed E-state index contributed by atoms with van der Waals surface area (Å²) in [4.78, 5) is 11.2. The van der Waals surface area contributed by atoms with Gasteiger partial charge in [-0.15, -0.1) is 0 Å². The molecule has 2 rings (SSSR count). The summed E-state index contributed by atoms with van der Waals surface area (Å²) >= 11 is 0. The van der Waals surface area contributed by atoms with E-state index in [1.165, 1.54) is 5.56 Å². The Morgan fingerprint density at radius 3 is 2.79 bits per heavy atom. The van der Waals surface area contributed by atoms with Crippen molar-refractivity contribution in [2.75, 3.05) is 36.5 Å². The molecule has 0 aliphatic carbocycles. The molecule has 0 atom stereocenters. The number of aromatic nitrogens is 2. The normalized spacial score (nSPS) is 18.4. The first-order chi connectivity index (χ1) is 9.10. The molecule has 0 aromatic carbocycles. The van der Waals surface area contributed by atoms with E-state index in [1.807, 2.05) is 0 Å². The van der Waals surface area contributed by atoms with Crippen molar-refractivity contribution in [1.29, 1.82) is 0 Å². The highest BCUT2D eigenvalue weighted by atomic mass is 16.5. The van der Waals surface area contributed by atoms with Crippen molar-refractivity contribution in [2.45, 2.75) is 39.7 Å². The van der Waals surface area contributed by atoms with Crippen molar-refractivity contribution in [3.8, 4) is 0 Å². The zero-order chi connectivity index (χ0) is 13.9. The summed E-state index contributed by atoms with van der Waals surface area (Å²) in [5.41, 5.74) is 1.17. The summed E-state index contributed by atoms with van der Waals surface area (Å²) in [5, 5.41) is 3.32. The number of anilines is 2. The molecular formula is C14H24N4O. The van der Waals surface area contributed by atoms with Crippen LogP contribution in [-0.4, -0.2) is 41.8 Å². The van der Waals surface area contributed by atoms with Gasteiger partial charge in [-0.3, -0.25) is 0 Å². The van der Waals surface area contributed by atoms with Crippen LogP contribution in [0.4, 0.5) is 11.6 Å². The molecule has 1 aliphatic rings. The van der Waals surface area contributed by atoms with Crippen molar-refractivity contribution in [2.24, 2.45) is 0 Å². The fourth-order valence-electron chi connectivity index (χ4n) is 2.53. The SMILES string of the molecule is CCNc1ncnc(N2CCOCC2(C)C)c1CC. The first-order valence-corrected chi connectivity index (χ1v) is 7.03. The molecule has 0 radical (unpaired) electrons. The first kappa shape index (κ1) is 14.1. The highest BCUT2D eigenvalue weighted by Gasteiger charge is 2.33. The number of hydrogen-bond acceptors (Lipinski definition) is 5. The van der Waals surface area contributed by atoms with E-state index < -0.39 is 0 Å². The minimum atomic E-state index is -0.0278. The van der Waals surface area contributed by atoms with Gasteiger partial charge in [0.2, 0.25) is 0 Å². The lowest BCUT2D eigenvalue weighted by molar-refractivity contribution is 0.0638. The molecule has 1 aromatic heterocycles. The maximum atomic E-state index is 5.59. The van der Waals surface area contributed by atoms with E-state index in [2.05, 4.69) is 47.9 Å². The second-order valence-corrected chi connectivity index (χ2v) is 5.42. The second kappa shape index (κ2) is 5.74. The van der Waals surface area contributed by atoms with Gasteiger partial charge < -0.3 is 15.0 Å². The molecule has 106 valence electrons. The van der Waals surface area contributed by atoms with Crippen LogP contribution in [0.3, 0.4) is 0 Å². The molecule has 0 saturated carbocycles. The Kier molecular flexibility index (Phi) is 4.24. The largest absolute Gasteiger partial charge is 0.377 e. The molecule has 1 N–H and O–H groups in total. The summed E-state index contributed by atoms with van der Waals surface area (Å²) in [6.45, 7) is 11.9. The summed E-state index contributed by atoms with van der Waals surface area (Å²) in [6.07, 6.45) is 2.57. The predicted molar refractivity (Wildman–Crippen MR) is 77.8 cm³/mol. The molecule has 1 fully saturated rings. The van der Waals surface area contributed by atoms with Crippen molar-refractivity contribution in [3.63, 3.8) is 0 Å². The fourth-order valence-corrected chi connectivity index (χ4v) is 2.53. The van der Waals surface area contributed by atoms with E-state index in [4.69, 9.17) is 4.74 Å². The van der Waals surface area contributed by atoms with Crippen molar-refractivity contribution in [1.82, 2.24) is 9.97 Å². The van der Waals surface area contributed by atoms with Gasteiger partial charge in [-0.1, -0.05) is 6.92 Å². The summed E-state index contributed by atoms with van der Waals surface area (Å²) < 4.78 is 5.59. The maximum Gasteiger partial charge on any atom is 0.137 e. The molecule has 0 bridgehead atoms. The minimum absolute atomic E-state index is 0.0278. The number of ether oxygens (including phenoxy) is 1. The Morgan fingerprint density at radius 2 is 2.16 bits per heavy atom. The Hall–Kier alpha value is -1.36. The monoisotopic (exact) mass is 264 g/mol. The Bertz CT molecular complexity index is 433. The summed E-state index contributed by atoms with van der Waals surface area (Å²) in [6, 6.07) is 0. The minimum Gasteiger partial charge on any atom is -0.377 e. The first-order valence-electron chi connectivity index (χ1n) is 7.03. The lowest BCUT2D eigenvalue weighted by atomic mass is 10.0. The maximum absolute atomic E-state index is 5.59. The molecule has 19 heavy (non-hydrogen) atoms. The van der Waals surface area contributed by atoms with Gasteiger partial charge in [-0.05, 0) is 27.2 Å². The predicted octanol–water partition coefficient (Wildman–Crippen LogP) is 2.09. The summed E-state index contributed by atoms with van der Waals surface area (Å²) in [5.74, 6) is 2.00. The van der Waals surface area contributed by atoms with E-state index in [0.29, 0.717) is 0 Å². The number of nitrogens with zero attached hydrogens (tertiary/aromatic N) is 3. The van der Waals surface area contributed by atoms with Crippen LogP contribution in [-0.2, 0) is 11.2 Å². The van der Waals surface area contributed by atoms with Crippen LogP contribution in [0.1, 0.15) is 33.3 Å². The van der Waals surface area contributed by atoms with Crippen molar-refractivity contribution in [3.05, 3.63) is 11.9 Å². The number of morpholine rings is 1. The Balaban J connectivity index is 2.40. The highest BCUT2D eigenvalue weighted by Crippen LogP contribution is 2.30. The van der Waals surface area contributed by atoms with Gasteiger partial charge in [0.05, 0.1) is 18.8 Å². The Labute approximate surface area is 115 Å². The molecular weight excluding hydrogens is 240 g/mol. The van der Waals surface area contributed by atoms with E-state index >= 15 is 0 Å². The lowest BCUT2D eigenvalue weighted by Crippen LogP contribution is -2.53. The average molecular weight is 264 g/mol.